The number of hydrogen-bond donors (Lipinski definition) is 3. The van der Waals surface area contributed by atoms with Gasteiger partial charge in [0.1, 0.15) is 13.7 Å². The molecule has 0 spiro atoms. The predicted octanol–water partition coefficient (Wildman–Crippen LogP) is 3.69. The van der Waals surface area contributed by atoms with Crippen molar-refractivity contribution in [2.24, 2.45) is 0 Å². The topological polar surface area (TPSA) is 105 Å². The highest BCUT2D eigenvalue weighted by molar-refractivity contribution is 6.32. The number of nitrogens with one attached hydrogen (secondary N) is 3. The highest BCUT2D eigenvalue weighted by atomic mass is 19.1. The summed E-state index contributed by atoms with van der Waals surface area (Å²) in [6, 6.07) is 7.57. The molecule has 1 aliphatic rings. The molecule has 1 saturated heterocycles. The molecule has 0 bridgehead atoms. The molecule has 3 rings (SSSR count). The number of hydrogen-bond acceptors (Lipinski definition) is 7. The minimum absolute atomic E-state index is 0.135. The maximum absolute atomic E-state index is 15.2. The number of rotatable bonds is 8. The molecule has 1 aromatic heterocycles. The number of piperidine rings is 1. The van der Waals surface area contributed by atoms with Gasteiger partial charge < -0.3 is 16.0 Å². The van der Waals surface area contributed by atoms with E-state index in [0.717, 1.165) is 61.8 Å². The van der Waals surface area contributed by atoms with E-state index in [9.17, 15) is 0 Å². The van der Waals surface area contributed by atoms with Gasteiger partial charge in [0.2, 0.25) is 5.95 Å². The minimum Gasteiger partial charge on any atom is -0.388 e. The number of nitrogens with zero attached hydrogens (tertiary/aromatic N) is 3. The monoisotopic (exact) mass is 494 g/mol. The Hall–Kier alpha value is -3.27. The maximum atomic E-state index is 15.2. The SMILES string of the molecule is C[N+](=O)[O-].[B]c1cccc(C(=C(/C)CC)/C(=C\NC(C)C)c2ccnc(NC3CCNCC3)n2)c1F. The van der Waals surface area contributed by atoms with E-state index < -0.39 is 10.7 Å². The van der Waals surface area contributed by atoms with Crippen LogP contribution in [0.2, 0.25) is 0 Å². The van der Waals surface area contributed by atoms with Gasteiger partial charge in [-0.1, -0.05) is 36.2 Å². The van der Waals surface area contributed by atoms with Crippen LogP contribution in [0.1, 0.15) is 58.2 Å². The zero-order chi connectivity index (χ0) is 26.7. The van der Waals surface area contributed by atoms with E-state index in [1.807, 2.05) is 19.2 Å². The Morgan fingerprint density at radius 1 is 1.33 bits per heavy atom. The van der Waals surface area contributed by atoms with Gasteiger partial charge in [0.15, 0.2) is 7.05 Å². The number of aromatic nitrogens is 2. The van der Waals surface area contributed by atoms with Crippen molar-refractivity contribution in [1.29, 1.82) is 0 Å². The molecule has 2 radical (unpaired) electrons. The van der Waals surface area contributed by atoms with E-state index in [2.05, 4.69) is 41.7 Å². The Labute approximate surface area is 214 Å². The molecule has 2 heterocycles. The van der Waals surface area contributed by atoms with Gasteiger partial charge in [-0.15, -0.1) is 0 Å². The van der Waals surface area contributed by atoms with Crippen molar-refractivity contribution in [3.63, 3.8) is 0 Å². The molecule has 1 aliphatic heterocycles. The molecular weight excluding hydrogens is 458 g/mol. The third kappa shape index (κ3) is 8.75. The first kappa shape index (κ1) is 29.0. The Morgan fingerprint density at radius 2 is 2.00 bits per heavy atom. The first-order valence-corrected chi connectivity index (χ1v) is 12.2. The molecular formula is C26H36BFN6O2. The zero-order valence-electron chi connectivity index (χ0n) is 21.8. The van der Waals surface area contributed by atoms with Crippen LogP contribution in [-0.2, 0) is 0 Å². The smallest absolute Gasteiger partial charge is 0.223 e. The molecule has 1 fully saturated rings. The van der Waals surface area contributed by atoms with E-state index in [1.165, 1.54) is 0 Å². The zero-order valence-corrected chi connectivity index (χ0v) is 21.8. The van der Waals surface area contributed by atoms with Crippen molar-refractivity contribution in [3.05, 3.63) is 69.4 Å². The van der Waals surface area contributed by atoms with Crippen LogP contribution in [0, 0.1) is 15.9 Å². The first-order valence-electron chi connectivity index (χ1n) is 12.2. The summed E-state index contributed by atoms with van der Waals surface area (Å²) in [5.41, 5.74) is 4.02. The van der Waals surface area contributed by atoms with Crippen molar-refractivity contribution < 1.29 is 9.31 Å². The third-order valence-corrected chi connectivity index (χ3v) is 5.69. The molecule has 3 N–H and O–H groups in total. The van der Waals surface area contributed by atoms with E-state index in [-0.39, 0.29) is 11.5 Å². The summed E-state index contributed by atoms with van der Waals surface area (Å²) in [6.45, 7) is 10.2. The molecule has 0 amide bonds. The highest BCUT2D eigenvalue weighted by Crippen LogP contribution is 2.35. The fourth-order valence-corrected chi connectivity index (χ4v) is 3.78. The maximum Gasteiger partial charge on any atom is 0.223 e. The minimum atomic E-state index is -0.500. The van der Waals surface area contributed by atoms with E-state index >= 15 is 4.39 Å². The van der Waals surface area contributed by atoms with Crippen molar-refractivity contribution in [1.82, 2.24) is 20.6 Å². The van der Waals surface area contributed by atoms with Gasteiger partial charge in [-0.25, -0.2) is 14.4 Å². The molecule has 192 valence electrons. The lowest BCUT2D eigenvalue weighted by Gasteiger charge is -2.24. The van der Waals surface area contributed by atoms with Crippen molar-refractivity contribution in [2.45, 2.75) is 59.0 Å². The number of allylic oxidation sites excluding steroid dienone is 3. The van der Waals surface area contributed by atoms with Crippen molar-refractivity contribution in [2.75, 3.05) is 25.5 Å². The summed E-state index contributed by atoms with van der Waals surface area (Å²) in [6.07, 6.45) is 6.51. The van der Waals surface area contributed by atoms with Crippen LogP contribution in [0.5, 0.6) is 0 Å². The van der Waals surface area contributed by atoms with Gasteiger partial charge >= 0.3 is 0 Å². The standard InChI is InChI=1S/C25H33BFN5.CH3NO2/c1-5-17(4)23(19-7-6-8-21(26)24(19)27)20(15-30-16(2)3)22-11-14-29-25(32-22)31-18-9-12-28-13-10-18;1-2(3)4/h6-8,11,14-16,18,28,30H,5,9-10,12-13H2,1-4H3,(H,29,31,32);1H3/b20-15-,23-17+;. The van der Waals surface area contributed by atoms with E-state index in [1.54, 1.807) is 24.4 Å². The largest absolute Gasteiger partial charge is 0.388 e. The predicted molar refractivity (Wildman–Crippen MR) is 145 cm³/mol. The summed E-state index contributed by atoms with van der Waals surface area (Å²) in [5, 5.41) is 19.0. The Bertz CT molecular complexity index is 1080. The molecule has 10 heteroatoms. The average Bonchev–Trinajstić information content (AvgIpc) is 2.84. The van der Waals surface area contributed by atoms with Crippen LogP contribution in [0.3, 0.4) is 0 Å². The van der Waals surface area contributed by atoms with Gasteiger partial charge in [0, 0.05) is 40.5 Å². The average molecular weight is 494 g/mol. The molecule has 0 saturated carbocycles. The molecule has 8 nitrogen and oxygen atoms in total. The number of benzene rings is 1. The van der Waals surface area contributed by atoms with Gasteiger partial charge in [-0.05, 0) is 64.8 Å². The van der Waals surface area contributed by atoms with Gasteiger partial charge in [0.05, 0.1) is 5.69 Å². The summed E-state index contributed by atoms with van der Waals surface area (Å²) in [7, 11) is 6.80. The van der Waals surface area contributed by atoms with Crippen LogP contribution in [-0.4, -0.2) is 55.0 Å². The number of anilines is 1. The number of halogens is 1. The second-order valence-electron chi connectivity index (χ2n) is 8.97. The number of nitro groups is 1. The second-order valence-corrected chi connectivity index (χ2v) is 8.97. The van der Waals surface area contributed by atoms with Crippen LogP contribution in [0.4, 0.5) is 10.3 Å². The van der Waals surface area contributed by atoms with Gasteiger partial charge in [-0.2, -0.15) is 0 Å². The molecule has 1 aromatic carbocycles. The normalized spacial score (nSPS) is 15.0. The Balaban J connectivity index is 0.00000106. The first-order chi connectivity index (χ1) is 17.1. The fraction of sp³-hybridized carbons (Fsp3) is 0.462. The van der Waals surface area contributed by atoms with Crippen LogP contribution >= 0.6 is 0 Å². The lowest BCUT2D eigenvalue weighted by atomic mass is 9.86. The molecule has 2 aromatic rings. The second kappa shape index (κ2) is 14.3. The van der Waals surface area contributed by atoms with Crippen molar-refractivity contribution in [3.8, 4) is 0 Å². The van der Waals surface area contributed by atoms with Crippen LogP contribution < -0.4 is 21.4 Å². The molecule has 0 aliphatic carbocycles. The third-order valence-electron chi connectivity index (χ3n) is 5.69. The van der Waals surface area contributed by atoms with E-state index in [4.69, 9.17) is 22.9 Å². The van der Waals surface area contributed by atoms with Crippen molar-refractivity contribution >= 4 is 30.4 Å². The Morgan fingerprint density at radius 3 is 2.61 bits per heavy atom. The van der Waals surface area contributed by atoms with Crippen LogP contribution in [0.25, 0.3) is 11.1 Å². The van der Waals surface area contributed by atoms with Gasteiger partial charge in [-0.3, -0.25) is 10.1 Å². The quantitative estimate of drug-likeness (QED) is 0.223. The molecule has 36 heavy (non-hydrogen) atoms. The fourth-order valence-electron chi connectivity index (χ4n) is 3.78. The molecule has 0 atom stereocenters. The van der Waals surface area contributed by atoms with Gasteiger partial charge in [0.25, 0.3) is 0 Å². The Kier molecular flexibility index (Phi) is 11.5. The highest BCUT2D eigenvalue weighted by Gasteiger charge is 2.20. The summed E-state index contributed by atoms with van der Waals surface area (Å²) in [5.74, 6) is 0.180. The molecule has 0 unspecified atom stereocenters. The van der Waals surface area contributed by atoms with E-state index in [0.29, 0.717) is 17.6 Å². The summed E-state index contributed by atoms with van der Waals surface area (Å²) >= 11 is 0. The summed E-state index contributed by atoms with van der Waals surface area (Å²) in [4.78, 5) is 17.6. The lowest BCUT2D eigenvalue weighted by molar-refractivity contribution is -0.445. The lowest BCUT2D eigenvalue weighted by Crippen LogP contribution is -2.35. The summed E-state index contributed by atoms with van der Waals surface area (Å²) < 4.78 is 15.2. The van der Waals surface area contributed by atoms with Crippen LogP contribution in [0.15, 0.2) is 42.2 Å².